The van der Waals surface area contributed by atoms with Crippen LogP contribution >= 0.6 is 0 Å². The van der Waals surface area contributed by atoms with Gasteiger partial charge < -0.3 is 4.74 Å². The summed E-state index contributed by atoms with van der Waals surface area (Å²) in [6, 6.07) is 16.5. The molecule has 0 aliphatic heterocycles. The summed E-state index contributed by atoms with van der Waals surface area (Å²) in [4.78, 5) is 13.2. The molecule has 0 fully saturated rings. The highest BCUT2D eigenvalue weighted by molar-refractivity contribution is 7.83. The van der Waals surface area contributed by atoms with Crippen LogP contribution in [-0.2, 0) is 20.5 Å². The van der Waals surface area contributed by atoms with Crippen molar-refractivity contribution in [1.82, 2.24) is 4.72 Å². The summed E-state index contributed by atoms with van der Waals surface area (Å²) in [5.41, 5.74) is 3.27. The summed E-state index contributed by atoms with van der Waals surface area (Å²) in [5, 5.41) is 0. The summed E-state index contributed by atoms with van der Waals surface area (Å²) in [7, 11) is -1.47. The fraction of sp³-hybridized carbons (Fsp3) is 0.286. The van der Waals surface area contributed by atoms with Crippen LogP contribution in [0.2, 0.25) is 0 Å². The summed E-state index contributed by atoms with van der Waals surface area (Å²) in [6.07, 6.45) is 0. The molecule has 26 heavy (non-hydrogen) atoms. The van der Waals surface area contributed by atoms with Crippen molar-refractivity contribution in [2.24, 2.45) is 0 Å². The van der Waals surface area contributed by atoms with Crippen molar-refractivity contribution in [2.45, 2.75) is 38.6 Å². The molecule has 138 valence electrons. The quantitative estimate of drug-likeness (QED) is 0.585. The number of rotatable bonds is 7. The van der Waals surface area contributed by atoms with Crippen LogP contribution in [0.1, 0.15) is 37.9 Å². The Morgan fingerprint density at radius 3 is 2.23 bits per heavy atom. The van der Waals surface area contributed by atoms with Gasteiger partial charge in [0.25, 0.3) is 0 Å². The fourth-order valence-corrected chi connectivity index (χ4v) is 3.58. The van der Waals surface area contributed by atoms with Gasteiger partial charge in [0.15, 0.2) is 0 Å². The van der Waals surface area contributed by atoms with Crippen molar-refractivity contribution < 1.29 is 13.7 Å². The fourth-order valence-electron chi connectivity index (χ4n) is 2.60. The van der Waals surface area contributed by atoms with Crippen LogP contribution in [0.5, 0.6) is 0 Å². The van der Waals surface area contributed by atoms with Crippen molar-refractivity contribution in [1.29, 1.82) is 0 Å². The standard InChI is InChI=1S/C21H25NO3S/c1-5-25-21(23)19(15(2)3)20(17-9-7-6-8-10-17)22-26(24)18-13-11-16(4)12-14-18/h6-14,20,22H,5H2,1-4H3/t20-,26-/m0/s1. The molecule has 0 aromatic heterocycles. The highest BCUT2D eigenvalue weighted by atomic mass is 32.2. The minimum absolute atomic E-state index is 0.290. The normalized spacial score (nSPS) is 12.9. The monoisotopic (exact) mass is 371 g/mol. The van der Waals surface area contributed by atoms with Gasteiger partial charge >= 0.3 is 5.97 Å². The van der Waals surface area contributed by atoms with Crippen molar-refractivity contribution in [2.75, 3.05) is 6.61 Å². The van der Waals surface area contributed by atoms with E-state index in [0.717, 1.165) is 16.7 Å². The maximum absolute atomic E-state index is 12.9. The molecule has 0 aliphatic carbocycles. The van der Waals surface area contributed by atoms with Crippen LogP contribution in [0.4, 0.5) is 0 Å². The molecular weight excluding hydrogens is 346 g/mol. The van der Waals surface area contributed by atoms with Crippen molar-refractivity contribution in [3.63, 3.8) is 0 Å². The molecule has 0 aliphatic rings. The Balaban J connectivity index is 2.41. The van der Waals surface area contributed by atoms with E-state index in [1.165, 1.54) is 0 Å². The molecule has 0 radical (unpaired) electrons. The molecule has 1 N–H and O–H groups in total. The van der Waals surface area contributed by atoms with Gasteiger partial charge in [-0.3, -0.25) is 0 Å². The number of benzene rings is 2. The average molecular weight is 372 g/mol. The third-order valence-corrected chi connectivity index (χ3v) is 5.07. The summed E-state index contributed by atoms with van der Waals surface area (Å²) >= 11 is 0. The number of ether oxygens (including phenoxy) is 1. The number of esters is 1. The van der Waals surface area contributed by atoms with E-state index in [1.807, 2.05) is 75.4 Å². The van der Waals surface area contributed by atoms with Crippen LogP contribution in [0.15, 0.2) is 70.6 Å². The zero-order chi connectivity index (χ0) is 19.1. The van der Waals surface area contributed by atoms with Crippen LogP contribution in [0, 0.1) is 6.92 Å². The number of nitrogens with one attached hydrogen (secondary N) is 1. The van der Waals surface area contributed by atoms with Gasteiger partial charge in [-0.1, -0.05) is 53.6 Å². The Labute approximate surface area is 157 Å². The van der Waals surface area contributed by atoms with E-state index in [2.05, 4.69) is 4.72 Å². The van der Waals surface area contributed by atoms with Crippen molar-refractivity contribution in [3.8, 4) is 0 Å². The first-order valence-corrected chi connectivity index (χ1v) is 9.73. The van der Waals surface area contributed by atoms with Gasteiger partial charge in [0.1, 0.15) is 11.0 Å². The molecular formula is C21H25NO3S. The molecule has 0 saturated carbocycles. The first kappa shape index (κ1) is 20.1. The van der Waals surface area contributed by atoms with Crippen LogP contribution < -0.4 is 4.72 Å². The van der Waals surface area contributed by atoms with E-state index in [4.69, 9.17) is 4.74 Å². The van der Waals surface area contributed by atoms with E-state index in [1.54, 1.807) is 6.92 Å². The maximum atomic E-state index is 12.9. The van der Waals surface area contributed by atoms with Crippen LogP contribution in [0.3, 0.4) is 0 Å². The first-order valence-electron chi connectivity index (χ1n) is 8.58. The SMILES string of the molecule is CCOC(=O)C(=C(C)C)[C@@H](N[S@@](=O)c1ccc(C)cc1)c1ccccc1. The predicted octanol–water partition coefficient (Wildman–Crippen LogP) is 4.25. The third-order valence-electron chi connectivity index (χ3n) is 3.92. The third kappa shape index (κ3) is 5.13. The minimum Gasteiger partial charge on any atom is -0.463 e. The second-order valence-corrected chi connectivity index (χ2v) is 7.42. The zero-order valence-corrected chi connectivity index (χ0v) is 16.4. The minimum atomic E-state index is -1.47. The lowest BCUT2D eigenvalue weighted by atomic mass is 9.96. The smallest absolute Gasteiger partial charge is 0.335 e. The van der Waals surface area contributed by atoms with E-state index < -0.39 is 23.0 Å². The zero-order valence-electron chi connectivity index (χ0n) is 15.6. The van der Waals surface area contributed by atoms with Crippen LogP contribution in [-0.4, -0.2) is 16.8 Å². The number of hydrogen-bond acceptors (Lipinski definition) is 3. The highest BCUT2D eigenvalue weighted by Crippen LogP contribution is 2.27. The molecule has 0 spiro atoms. The van der Waals surface area contributed by atoms with E-state index >= 15 is 0 Å². The molecule has 0 heterocycles. The van der Waals surface area contributed by atoms with E-state index in [0.29, 0.717) is 10.5 Å². The molecule has 0 amide bonds. The van der Waals surface area contributed by atoms with Gasteiger partial charge in [-0.05, 0) is 45.4 Å². The number of carbonyl (C=O) groups is 1. The lowest BCUT2D eigenvalue weighted by Crippen LogP contribution is -2.30. The van der Waals surface area contributed by atoms with Gasteiger partial charge in [0, 0.05) is 0 Å². The number of allylic oxidation sites excluding steroid dienone is 1. The molecule has 0 unspecified atom stereocenters. The van der Waals surface area contributed by atoms with Gasteiger partial charge in [-0.15, -0.1) is 0 Å². The number of hydrogen-bond donors (Lipinski definition) is 1. The number of aryl methyl sites for hydroxylation is 1. The molecule has 0 saturated heterocycles. The van der Waals surface area contributed by atoms with Gasteiger partial charge in [-0.25, -0.2) is 13.7 Å². The summed E-state index contributed by atoms with van der Waals surface area (Å²) in [6.45, 7) is 7.76. The molecule has 2 rings (SSSR count). The topological polar surface area (TPSA) is 55.4 Å². The van der Waals surface area contributed by atoms with E-state index in [-0.39, 0.29) is 6.61 Å². The Kier molecular flexibility index (Phi) is 7.30. The first-order chi connectivity index (χ1) is 12.4. The second-order valence-electron chi connectivity index (χ2n) is 6.18. The highest BCUT2D eigenvalue weighted by Gasteiger charge is 2.27. The lowest BCUT2D eigenvalue weighted by Gasteiger charge is -2.22. The Morgan fingerprint density at radius 1 is 1.08 bits per heavy atom. The van der Waals surface area contributed by atoms with Gasteiger partial charge in [-0.2, -0.15) is 0 Å². The predicted molar refractivity (Wildman–Crippen MR) is 105 cm³/mol. The second kappa shape index (κ2) is 9.46. The molecule has 2 atom stereocenters. The Hall–Kier alpha value is -2.24. The van der Waals surface area contributed by atoms with Crippen LogP contribution in [0.25, 0.3) is 0 Å². The Bertz CT molecular complexity index is 794. The van der Waals surface area contributed by atoms with Gasteiger partial charge in [0.2, 0.25) is 0 Å². The molecule has 2 aromatic rings. The summed E-state index contributed by atoms with van der Waals surface area (Å²) < 4.78 is 21.2. The molecule has 0 bridgehead atoms. The Morgan fingerprint density at radius 2 is 1.69 bits per heavy atom. The molecule has 4 nitrogen and oxygen atoms in total. The number of carbonyl (C=O) groups excluding carboxylic acids is 1. The van der Waals surface area contributed by atoms with E-state index in [9.17, 15) is 9.00 Å². The molecule has 5 heteroatoms. The largest absolute Gasteiger partial charge is 0.463 e. The van der Waals surface area contributed by atoms with Gasteiger partial charge in [0.05, 0.1) is 23.1 Å². The van der Waals surface area contributed by atoms with Crippen molar-refractivity contribution >= 4 is 17.0 Å². The van der Waals surface area contributed by atoms with Crippen molar-refractivity contribution in [3.05, 3.63) is 76.9 Å². The lowest BCUT2D eigenvalue weighted by molar-refractivity contribution is -0.138. The maximum Gasteiger partial charge on any atom is 0.335 e. The summed E-state index contributed by atoms with van der Waals surface area (Å²) in [5.74, 6) is -0.394. The molecule has 2 aromatic carbocycles. The average Bonchev–Trinajstić information content (AvgIpc) is 2.62.